The number of hydrogen-bond donors (Lipinski definition) is 2. The third-order valence-corrected chi connectivity index (χ3v) is 4.23. The predicted octanol–water partition coefficient (Wildman–Crippen LogP) is 3.02. The first-order valence-electron chi connectivity index (χ1n) is 6.62. The normalized spacial score (nSPS) is 21.9. The quantitative estimate of drug-likeness (QED) is 0.875. The molecular formula is C14H20ClN3O. The van der Waals surface area contributed by atoms with Crippen molar-refractivity contribution in [3.05, 3.63) is 22.8 Å². The molecule has 19 heavy (non-hydrogen) atoms. The number of pyridine rings is 1. The standard InChI is InChI=1S/C14H20ClN3O/c1-14(2)6-4-3-5-11(14)18-13(19)9-7-12(16)17-8-10(9)15/h7-8,11H,3-6H2,1-2H3,(H2,16,17)(H,18,19). The third kappa shape index (κ3) is 3.18. The number of anilines is 1. The number of nitrogens with one attached hydrogen (secondary N) is 1. The molecule has 4 nitrogen and oxygen atoms in total. The van der Waals surface area contributed by atoms with Crippen LogP contribution in [0.1, 0.15) is 49.9 Å². The second-order valence-electron chi connectivity index (χ2n) is 5.85. The van der Waals surface area contributed by atoms with E-state index in [4.69, 9.17) is 17.3 Å². The van der Waals surface area contributed by atoms with Crippen molar-refractivity contribution in [1.82, 2.24) is 10.3 Å². The first-order chi connectivity index (χ1) is 8.90. The maximum atomic E-state index is 12.3. The van der Waals surface area contributed by atoms with Gasteiger partial charge in [0.1, 0.15) is 5.82 Å². The van der Waals surface area contributed by atoms with E-state index in [0.717, 1.165) is 19.3 Å². The fraction of sp³-hybridized carbons (Fsp3) is 0.571. The van der Waals surface area contributed by atoms with E-state index in [9.17, 15) is 4.79 Å². The van der Waals surface area contributed by atoms with Crippen LogP contribution in [0.5, 0.6) is 0 Å². The summed E-state index contributed by atoms with van der Waals surface area (Å²) in [5.74, 6) is 0.136. The van der Waals surface area contributed by atoms with Gasteiger partial charge in [0, 0.05) is 12.2 Å². The van der Waals surface area contributed by atoms with Crippen LogP contribution in [0.15, 0.2) is 12.3 Å². The minimum Gasteiger partial charge on any atom is -0.384 e. The molecule has 3 N–H and O–H groups in total. The predicted molar refractivity (Wildman–Crippen MR) is 77.2 cm³/mol. The summed E-state index contributed by atoms with van der Waals surface area (Å²) < 4.78 is 0. The molecule has 0 aromatic carbocycles. The van der Waals surface area contributed by atoms with Gasteiger partial charge in [-0.25, -0.2) is 4.98 Å². The number of amides is 1. The summed E-state index contributed by atoms with van der Waals surface area (Å²) in [6.07, 6.45) is 5.93. The van der Waals surface area contributed by atoms with Crippen LogP contribution in [0.2, 0.25) is 5.02 Å². The monoisotopic (exact) mass is 281 g/mol. The number of nitrogen functional groups attached to an aromatic ring is 1. The number of rotatable bonds is 2. The van der Waals surface area contributed by atoms with Gasteiger partial charge >= 0.3 is 0 Å². The molecule has 1 aromatic rings. The number of carbonyl (C=O) groups is 1. The summed E-state index contributed by atoms with van der Waals surface area (Å²) in [4.78, 5) is 16.2. The minimum atomic E-state index is -0.168. The molecule has 0 spiro atoms. The average molecular weight is 282 g/mol. The SMILES string of the molecule is CC1(C)CCCCC1NC(=O)c1cc(N)ncc1Cl. The van der Waals surface area contributed by atoms with Crippen LogP contribution in [0.4, 0.5) is 5.82 Å². The van der Waals surface area contributed by atoms with Gasteiger partial charge in [-0.2, -0.15) is 0 Å². The van der Waals surface area contributed by atoms with Crippen LogP contribution < -0.4 is 11.1 Å². The minimum absolute atomic E-state index is 0.124. The Bertz CT molecular complexity index is 488. The Balaban J connectivity index is 2.14. The van der Waals surface area contributed by atoms with Gasteiger partial charge in [0.15, 0.2) is 0 Å². The van der Waals surface area contributed by atoms with Crippen molar-refractivity contribution in [2.75, 3.05) is 5.73 Å². The molecule has 1 unspecified atom stereocenters. The van der Waals surface area contributed by atoms with Crippen LogP contribution in [-0.2, 0) is 0 Å². The molecular weight excluding hydrogens is 262 g/mol. The highest BCUT2D eigenvalue weighted by atomic mass is 35.5. The van der Waals surface area contributed by atoms with E-state index in [1.54, 1.807) is 0 Å². The smallest absolute Gasteiger partial charge is 0.253 e. The van der Waals surface area contributed by atoms with Crippen molar-refractivity contribution in [2.24, 2.45) is 5.41 Å². The average Bonchev–Trinajstić information content (AvgIpc) is 2.34. The van der Waals surface area contributed by atoms with Gasteiger partial charge in [-0.1, -0.05) is 38.3 Å². The summed E-state index contributed by atoms with van der Waals surface area (Å²) in [6.45, 7) is 4.39. The van der Waals surface area contributed by atoms with Crippen LogP contribution in [-0.4, -0.2) is 16.9 Å². The Morgan fingerprint density at radius 3 is 2.95 bits per heavy atom. The first kappa shape index (κ1) is 14.1. The second kappa shape index (κ2) is 5.37. The molecule has 0 radical (unpaired) electrons. The van der Waals surface area contributed by atoms with Crippen LogP contribution in [0, 0.1) is 5.41 Å². The Kier molecular flexibility index (Phi) is 3.99. The molecule has 104 valence electrons. The number of aromatic nitrogens is 1. The molecule has 1 heterocycles. The molecule has 1 aromatic heterocycles. The lowest BCUT2D eigenvalue weighted by Gasteiger charge is -2.39. The Morgan fingerprint density at radius 2 is 2.26 bits per heavy atom. The van der Waals surface area contributed by atoms with Crippen molar-refractivity contribution < 1.29 is 4.79 Å². The van der Waals surface area contributed by atoms with Crippen molar-refractivity contribution in [1.29, 1.82) is 0 Å². The van der Waals surface area contributed by atoms with Gasteiger partial charge in [-0.05, 0) is 24.3 Å². The molecule has 0 saturated heterocycles. The molecule has 2 rings (SSSR count). The molecule has 0 aliphatic heterocycles. The molecule has 0 bridgehead atoms. The fourth-order valence-electron chi connectivity index (χ4n) is 2.63. The van der Waals surface area contributed by atoms with E-state index in [1.807, 2.05) is 0 Å². The zero-order valence-electron chi connectivity index (χ0n) is 11.4. The maximum Gasteiger partial charge on any atom is 0.253 e. The van der Waals surface area contributed by atoms with E-state index in [0.29, 0.717) is 16.4 Å². The summed E-state index contributed by atoms with van der Waals surface area (Å²) in [5, 5.41) is 3.42. The number of nitrogens with zero attached hydrogens (tertiary/aromatic N) is 1. The number of hydrogen-bond acceptors (Lipinski definition) is 3. The summed E-state index contributed by atoms with van der Waals surface area (Å²) in [7, 11) is 0. The topological polar surface area (TPSA) is 68.0 Å². The molecule has 1 saturated carbocycles. The summed E-state index contributed by atoms with van der Waals surface area (Å²) in [5.41, 5.74) is 6.12. The van der Waals surface area contributed by atoms with Crippen LogP contribution >= 0.6 is 11.6 Å². The highest BCUT2D eigenvalue weighted by molar-refractivity contribution is 6.33. The van der Waals surface area contributed by atoms with Crippen LogP contribution in [0.3, 0.4) is 0 Å². The Morgan fingerprint density at radius 1 is 1.53 bits per heavy atom. The largest absolute Gasteiger partial charge is 0.384 e. The maximum absolute atomic E-state index is 12.3. The zero-order valence-corrected chi connectivity index (χ0v) is 12.1. The molecule has 1 aliphatic carbocycles. The Hall–Kier alpha value is -1.29. The molecule has 5 heteroatoms. The summed E-state index contributed by atoms with van der Waals surface area (Å²) in [6, 6.07) is 1.70. The van der Waals surface area contributed by atoms with E-state index in [-0.39, 0.29) is 17.4 Å². The summed E-state index contributed by atoms with van der Waals surface area (Å²) >= 11 is 6.00. The van der Waals surface area contributed by atoms with Gasteiger partial charge in [0.25, 0.3) is 5.91 Å². The van der Waals surface area contributed by atoms with Gasteiger partial charge in [-0.3, -0.25) is 4.79 Å². The van der Waals surface area contributed by atoms with E-state index in [1.165, 1.54) is 18.7 Å². The van der Waals surface area contributed by atoms with Crippen molar-refractivity contribution in [3.63, 3.8) is 0 Å². The van der Waals surface area contributed by atoms with E-state index < -0.39 is 0 Å². The van der Waals surface area contributed by atoms with Gasteiger partial charge < -0.3 is 11.1 Å². The van der Waals surface area contributed by atoms with Gasteiger partial charge in [-0.15, -0.1) is 0 Å². The number of halogens is 1. The second-order valence-corrected chi connectivity index (χ2v) is 6.26. The first-order valence-corrected chi connectivity index (χ1v) is 7.00. The number of nitrogens with two attached hydrogens (primary N) is 1. The number of carbonyl (C=O) groups excluding carboxylic acids is 1. The lowest BCUT2D eigenvalue weighted by Crippen LogP contribution is -2.46. The van der Waals surface area contributed by atoms with Crippen molar-refractivity contribution in [3.8, 4) is 0 Å². The van der Waals surface area contributed by atoms with Crippen LogP contribution in [0.25, 0.3) is 0 Å². The lowest BCUT2D eigenvalue weighted by molar-refractivity contribution is 0.0853. The third-order valence-electron chi connectivity index (χ3n) is 3.93. The molecule has 1 atom stereocenters. The highest BCUT2D eigenvalue weighted by Gasteiger charge is 2.33. The van der Waals surface area contributed by atoms with Gasteiger partial charge in [0.2, 0.25) is 0 Å². The molecule has 1 fully saturated rings. The highest BCUT2D eigenvalue weighted by Crippen LogP contribution is 2.35. The van der Waals surface area contributed by atoms with Crippen molar-refractivity contribution >= 4 is 23.3 Å². The molecule has 1 amide bonds. The zero-order chi connectivity index (χ0) is 14.0. The lowest BCUT2D eigenvalue weighted by atomic mass is 9.73. The van der Waals surface area contributed by atoms with Gasteiger partial charge in [0.05, 0.1) is 10.6 Å². The Labute approximate surface area is 118 Å². The van der Waals surface area contributed by atoms with E-state index >= 15 is 0 Å². The van der Waals surface area contributed by atoms with Crippen molar-refractivity contribution in [2.45, 2.75) is 45.6 Å². The fourth-order valence-corrected chi connectivity index (χ4v) is 2.82. The molecule has 1 aliphatic rings. The van der Waals surface area contributed by atoms with E-state index in [2.05, 4.69) is 24.1 Å².